The van der Waals surface area contributed by atoms with Crippen molar-refractivity contribution in [2.24, 2.45) is 5.41 Å². The number of carbonyl (C=O) groups excluding carboxylic acids is 1. The number of nitrogens with two attached hydrogens (primary N) is 1. The Kier molecular flexibility index (Phi) is 4.85. The number of aromatic nitrogens is 1. The Morgan fingerprint density at radius 2 is 2.03 bits per heavy atom. The lowest BCUT2D eigenvalue weighted by Gasteiger charge is -2.36. The van der Waals surface area contributed by atoms with Crippen LogP contribution in [0.15, 0.2) is 41.6 Å². The van der Waals surface area contributed by atoms with E-state index in [1.54, 1.807) is 0 Å². The third kappa shape index (κ3) is 3.39. The van der Waals surface area contributed by atoms with E-state index in [-0.39, 0.29) is 17.3 Å². The molecule has 1 aliphatic carbocycles. The van der Waals surface area contributed by atoms with Gasteiger partial charge in [0, 0.05) is 28.6 Å². The van der Waals surface area contributed by atoms with Gasteiger partial charge in [0.1, 0.15) is 5.82 Å². The molecule has 0 saturated heterocycles. The van der Waals surface area contributed by atoms with Crippen molar-refractivity contribution in [1.82, 2.24) is 4.98 Å². The molecule has 2 aromatic rings. The predicted octanol–water partition coefficient (Wildman–Crippen LogP) is 4.57. The quantitative estimate of drug-likeness (QED) is 0.749. The lowest BCUT2D eigenvalue weighted by molar-refractivity contribution is -0.138. The van der Waals surface area contributed by atoms with Gasteiger partial charge in [-0.3, -0.25) is 0 Å². The van der Waals surface area contributed by atoms with E-state index in [9.17, 15) is 4.79 Å². The van der Waals surface area contributed by atoms with Crippen molar-refractivity contribution in [3.63, 3.8) is 0 Å². The van der Waals surface area contributed by atoms with Crippen LogP contribution in [0, 0.1) is 5.41 Å². The van der Waals surface area contributed by atoms with Gasteiger partial charge in [-0.1, -0.05) is 44.2 Å². The van der Waals surface area contributed by atoms with E-state index in [1.807, 2.05) is 44.2 Å². The number of carbonyl (C=O) groups is 1. The highest BCUT2D eigenvalue weighted by molar-refractivity contribution is 5.95. The number of ether oxygens (including phenoxy) is 1. The van der Waals surface area contributed by atoms with E-state index >= 15 is 0 Å². The van der Waals surface area contributed by atoms with Crippen molar-refractivity contribution in [2.75, 3.05) is 17.7 Å². The van der Waals surface area contributed by atoms with Crippen molar-refractivity contribution in [3.05, 3.63) is 64.0 Å². The Labute approximate surface area is 172 Å². The number of pyridine rings is 1. The largest absolute Gasteiger partial charge is 0.463 e. The first kappa shape index (κ1) is 19.5. The average Bonchev–Trinajstić information content (AvgIpc) is 2.68. The molecule has 1 aromatic carbocycles. The van der Waals surface area contributed by atoms with Crippen LogP contribution in [-0.4, -0.2) is 17.6 Å². The first-order valence-electron chi connectivity index (χ1n) is 10.3. The average molecular weight is 392 g/mol. The van der Waals surface area contributed by atoms with Crippen LogP contribution in [0.5, 0.6) is 0 Å². The standard InChI is InChI=1S/C24H29N3O2/c1-5-29-23(28)18-14(2)26-22-20(19(18)15-9-7-6-8-10-15)21(25)16-13-24(3,4)12-11-17(16)27-22/h6-10,19H,5,11-13H2,1-4H3,(H3,25,26,27). The van der Waals surface area contributed by atoms with Crippen molar-refractivity contribution >= 4 is 17.5 Å². The summed E-state index contributed by atoms with van der Waals surface area (Å²) in [5.74, 6) is 0.157. The number of nitrogen functional groups attached to an aromatic ring is 1. The van der Waals surface area contributed by atoms with Crippen LogP contribution in [0.1, 0.15) is 62.4 Å². The monoisotopic (exact) mass is 391 g/mol. The minimum Gasteiger partial charge on any atom is -0.463 e. The summed E-state index contributed by atoms with van der Waals surface area (Å²) in [5.41, 5.74) is 13.2. The summed E-state index contributed by atoms with van der Waals surface area (Å²) in [7, 11) is 0. The van der Waals surface area contributed by atoms with E-state index in [2.05, 4.69) is 19.2 Å². The minimum atomic E-state index is -0.311. The highest BCUT2D eigenvalue weighted by atomic mass is 16.5. The first-order valence-corrected chi connectivity index (χ1v) is 10.3. The fourth-order valence-electron chi connectivity index (χ4n) is 4.59. The SMILES string of the molecule is CCOC(=O)C1=C(C)Nc2nc3c(c(N)c2C1c1ccccc1)CC(C)(C)CC3. The number of hydrogen-bond donors (Lipinski definition) is 2. The molecule has 0 fully saturated rings. The highest BCUT2D eigenvalue weighted by Gasteiger charge is 2.38. The number of esters is 1. The molecule has 152 valence electrons. The Hall–Kier alpha value is -2.82. The van der Waals surface area contributed by atoms with Crippen molar-refractivity contribution in [3.8, 4) is 0 Å². The maximum atomic E-state index is 12.9. The molecule has 0 amide bonds. The van der Waals surface area contributed by atoms with Crippen LogP contribution < -0.4 is 11.1 Å². The number of hydrogen-bond acceptors (Lipinski definition) is 5. The zero-order valence-electron chi connectivity index (χ0n) is 17.6. The second-order valence-corrected chi connectivity index (χ2v) is 8.78. The van der Waals surface area contributed by atoms with Crippen LogP contribution >= 0.6 is 0 Å². The van der Waals surface area contributed by atoms with Crippen LogP contribution in [-0.2, 0) is 22.4 Å². The second-order valence-electron chi connectivity index (χ2n) is 8.78. The molecule has 5 nitrogen and oxygen atoms in total. The van der Waals surface area contributed by atoms with Crippen LogP contribution in [0.4, 0.5) is 11.5 Å². The molecule has 0 bridgehead atoms. The van der Waals surface area contributed by atoms with Gasteiger partial charge < -0.3 is 15.8 Å². The van der Waals surface area contributed by atoms with Crippen LogP contribution in [0.2, 0.25) is 0 Å². The molecule has 2 aliphatic rings. The lowest BCUT2D eigenvalue weighted by Crippen LogP contribution is -2.30. The van der Waals surface area contributed by atoms with Gasteiger partial charge in [0.05, 0.1) is 12.2 Å². The molecule has 1 unspecified atom stereocenters. The number of aryl methyl sites for hydroxylation is 1. The third-order valence-corrected chi connectivity index (χ3v) is 6.07. The van der Waals surface area contributed by atoms with E-state index in [4.69, 9.17) is 15.5 Å². The van der Waals surface area contributed by atoms with Gasteiger partial charge in [0.2, 0.25) is 0 Å². The fraction of sp³-hybridized carbons (Fsp3) is 0.417. The van der Waals surface area contributed by atoms with Crippen molar-refractivity contribution in [2.45, 2.75) is 52.9 Å². The number of nitrogens with one attached hydrogen (secondary N) is 1. The lowest BCUT2D eigenvalue weighted by atomic mass is 9.73. The molecule has 0 saturated carbocycles. The van der Waals surface area contributed by atoms with E-state index < -0.39 is 0 Å². The molecule has 0 radical (unpaired) electrons. The molecule has 29 heavy (non-hydrogen) atoms. The van der Waals surface area contributed by atoms with Crippen molar-refractivity contribution < 1.29 is 9.53 Å². The summed E-state index contributed by atoms with van der Waals surface area (Å²) in [6.45, 7) is 8.61. The van der Waals surface area contributed by atoms with Gasteiger partial charge in [0.25, 0.3) is 0 Å². The number of nitrogens with zero attached hydrogens (tertiary/aromatic N) is 1. The van der Waals surface area contributed by atoms with Crippen molar-refractivity contribution in [1.29, 1.82) is 0 Å². The number of fused-ring (bicyclic) bond motifs is 2. The predicted molar refractivity (Wildman–Crippen MR) is 116 cm³/mol. The summed E-state index contributed by atoms with van der Waals surface area (Å²) in [5, 5.41) is 3.35. The molecule has 0 spiro atoms. The smallest absolute Gasteiger partial charge is 0.336 e. The molecule has 2 heterocycles. The van der Waals surface area contributed by atoms with Gasteiger partial charge in [-0.25, -0.2) is 9.78 Å². The summed E-state index contributed by atoms with van der Waals surface area (Å²) >= 11 is 0. The molecule has 3 N–H and O–H groups in total. The van der Waals surface area contributed by atoms with Gasteiger partial charge in [-0.05, 0) is 49.7 Å². The van der Waals surface area contributed by atoms with Gasteiger partial charge in [-0.15, -0.1) is 0 Å². The molecule has 1 aliphatic heterocycles. The normalized spacial score (nSPS) is 19.8. The minimum absolute atomic E-state index is 0.192. The second kappa shape index (κ2) is 7.21. The summed E-state index contributed by atoms with van der Waals surface area (Å²) in [4.78, 5) is 17.9. The zero-order chi connectivity index (χ0) is 20.8. The number of rotatable bonds is 3. The third-order valence-electron chi connectivity index (χ3n) is 6.07. The van der Waals surface area contributed by atoms with E-state index in [0.29, 0.717) is 12.2 Å². The Morgan fingerprint density at radius 1 is 1.31 bits per heavy atom. The maximum Gasteiger partial charge on any atom is 0.336 e. The Balaban J connectivity index is 1.94. The Morgan fingerprint density at radius 3 is 2.72 bits per heavy atom. The molecular formula is C24H29N3O2. The summed E-state index contributed by atoms with van der Waals surface area (Å²) < 4.78 is 5.41. The number of benzene rings is 1. The van der Waals surface area contributed by atoms with Gasteiger partial charge in [0.15, 0.2) is 0 Å². The van der Waals surface area contributed by atoms with Crippen LogP contribution in [0.3, 0.4) is 0 Å². The van der Waals surface area contributed by atoms with Gasteiger partial charge in [-0.2, -0.15) is 0 Å². The molecular weight excluding hydrogens is 362 g/mol. The first-order chi connectivity index (χ1) is 13.8. The fourth-order valence-corrected chi connectivity index (χ4v) is 4.59. The molecule has 5 heteroatoms. The highest BCUT2D eigenvalue weighted by Crippen LogP contribution is 2.48. The number of allylic oxidation sites excluding steroid dienone is 1. The molecule has 1 atom stereocenters. The van der Waals surface area contributed by atoms with Gasteiger partial charge >= 0.3 is 5.97 Å². The van der Waals surface area contributed by atoms with Crippen LogP contribution in [0.25, 0.3) is 0 Å². The number of anilines is 2. The summed E-state index contributed by atoms with van der Waals surface area (Å²) in [6.07, 6.45) is 2.91. The van der Waals surface area contributed by atoms with E-state index in [1.165, 1.54) is 0 Å². The maximum absolute atomic E-state index is 12.9. The topological polar surface area (TPSA) is 77.2 Å². The summed E-state index contributed by atoms with van der Waals surface area (Å²) in [6, 6.07) is 10.0. The Bertz CT molecular complexity index is 993. The molecule has 4 rings (SSSR count). The van der Waals surface area contributed by atoms with E-state index in [0.717, 1.165) is 58.8 Å². The zero-order valence-corrected chi connectivity index (χ0v) is 17.6. The molecule has 1 aromatic heterocycles.